The number of fused-ring (bicyclic) bond motifs is 1. The van der Waals surface area contributed by atoms with E-state index in [1.165, 1.54) is 17.7 Å². The molecule has 2 aliphatic rings. The molecule has 0 spiro atoms. The van der Waals surface area contributed by atoms with Crippen molar-refractivity contribution in [2.45, 2.75) is 45.3 Å². The van der Waals surface area contributed by atoms with Gasteiger partial charge in [0.2, 0.25) is 5.91 Å². The van der Waals surface area contributed by atoms with Crippen LogP contribution in [0.25, 0.3) is 0 Å². The minimum atomic E-state index is -0.584. The Morgan fingerprint density at radius 2 is 1.82 bits per heavy atom. The molecule has 2 amide bonds. The van der Waals surface area contributed by atoms with Gasteiger partial charge in [0.05, 0.1) is 19.3 Å². The Labute approximate surface area is 200 Å². The van der Waals surface area contributed by atoms with Crippen molar-refractivity contribution in [2.24, 2.45) is 5.92 Å². The van der Waals surface area contributed by atoms with Crippen molar-refractivity contribution >= 4 is 12.0 Å². The summed E-state index contributed by atoms with van der Waals surface area (Å²) in [5.74, 6) is -0.430. The van der Waals surface area contributed by atoms with Crippen molar-refractivity contribution < 1.29 is 23.5 Å². The Balaban J connectivity index is 1.52. The van der Waals surface area contributed by atoms with E-state index in [-0.39, 0.29) is 36.2 Å². The molecule has 4 rings (SSSR count). The van der Waals surface area contributed by atoms with Gasteiger partial charge in [-0.15, -0.1) is 0 Å². The van der Waals surface area contributed by atoms with Gasteiger partial charge in [0.25, 0.3) is 0 Å². The van der Waals surface area contributed by atoms with E-state index in [4.69, 9.17) is 9.47 Å². The van der Waals surface area contributed by atoms with Crippen molar-refractivity contribution in [3.8, 4) is 0 Å². The normalized spacial score (nSPS) is 20.9. The summed E-state index contributed by atoms with van der Waals surface area (Å²) in [5.41, 5.74) is 2.57. The quantitative estimate of drug-likeness (QED) is 0.662. The molecule has 6 nitrogen and oxygen atoms in total. The second-order valence-electron chi connectivity index (χ2n) is 10.1. The maximum absolute atomic E-state index is 13.6. The SMILES string of the molecule is CC(C)(C)OC(=O)N1CCOC[C@@H](CC(=O)N2CCc3ccccc3[C@@H]2c2ccc(F)cc2)C1. The van der Waals surface area contributed by atoms with E-state index >= 15 is 0 Å². The fraction of sp³-hybridized carbons (Fsp3) is 0.481. The molecule has 34 heavy (non-hydrogen) atoms. The Morgan fingerprint density at radius 1 is 1.09 bits per heavy atom. The molecule has 1 fully saturated rings. The molecule has 2 aromatic rings. The van der Waals surface area contributed by atoms with E-state index < -0.39 is 5.60 Å². The highest BCUT2D eigenvalue weighted by Crippen LogP contribution is 2.36. The molecule has 0 aromatic heterocycles. The summed E-state index contributed by atoms with van der Waals surface area (Å²) in [6.07, 6.45) is 0.649. The van der Waals surface area contributed by atoms with E-state index in [2.05, 4.69) is 6.07 Å². The Kier molecular flexibility index (Phi) is 7.22. The summed E-state index contributed by atoms with van der Waals surface area (Å²) in [5, 5.41) is 0. The number of ether oxygens (including phenoxy) is 2. The second kappa shape index (κ2) is 10.1. The minimum Gasteiger partial charge on any atom is -0.444 e. The molecule has 2 heterocycles. The lowest BCUT2D eigenvalue weighted by molar-refractivity contribution is -0.134. The van der Waals surface area contributed by atoms with Gasteiger partial charge in [-0.2, -0.15) is 0 Å². The van der Waals surface area contributed by atoms with E-state index in [9.17, 15) is 14.0 Å². The number of carbonyl (C=O) groups is 2. The predicted molar refractivity (Wildman–Crippen MR) is 127 cm³/mol. The number of hydrogen-bond acceptors (Lipinski definition) is 4. The van der Waals surface area contributed by atoms with Gasteiger partial charge in [-0.1, -0.05) is 36.4 Å². The number of halogens is 1. The first-order chi connectivity index (χ1) is 16.2. The predicted octanol–water partition coefficient (Wildman–Crippen LogP) is 4.57. The van der Waals surface area contributed by atoms with Crippen molar-refractivity contribution in [2.75, 3.05) is 32.8 Å². The number of benzene rings is 2. The molecule has 0 unspecified atom stereocenters. The molecule has 182 valence electrons. The van der Waals surface area contributed by atoms with Gasteiger partial charge >= 0.3 is 6.09 Å². The van der Waals surface area contributed by atoms with Crippen molar-refractivity contribution in [1.29, 1.82) is 0 Å². The molecule has 7 heteroatoms. The van der Waals surface area contributed by atoms with Crippen LogP contribution in [0.15, 0.2) is 48.5 Å². The lowest BCUT2D eigenvalue weighted by atomic mass is 9.87. The van der Waals surface area contributed by atoms with Gasteiger partial charge in [-0.05, 0) is 56.0 Å². The zero-order valence-electron chi connectivity index (χ0n) is 20.1. The van der Waals surface area contributed by atoms with Crippen LogP contribution in [0.2, 0.25) is 0 Å². The topological polar surface area (TPSA) is 59.1 Å². The molecule has 1 saturated heterocycles. The number of hydrogen-bond donors (Lipinski definition) is 0. The van der Waals surface area contributed by atoms with Gasteiger partial charge in [0.15, 0.2) is 0 Å². The maximum atomic E-state index is 13.6. The molecule has 2 atom stereocenters. The second-order valence-corrected chi connectivity index (χ2v) is 10.1. The fourth-order valence-corrected chi connectivity index (χ4v) is 4.70. The molecule has 0 N–H and O–H groups in total. The van der Waals surface area contributed by atoms with Crippen LogP contribution in [-0.2, 0) is 20.7 Å². The fourth-order valence-electron chi connectivity index (χ4n) is 4.70. The van der Waals surface area contributed by atoms with E-state index in [0.29, 0.717) is 32.8 Å². The van der Waals surface area contributed by atoms with Crippen LogP contribution >= 0.6 is 0 Å². The number of carbonyl (C=O) groups excluding carboxylic acids is 2. The molecule has 0 aliphatic carbocycles. The van der Waals surface area contributed by atoms with Gasteiger partial charge in [-0.3, -0.25) is 4.79 Å². The summed E-state index contributed by atoms with van der Waals surface area (Å²) in [6, 6.07) is 14.2. The monoisotopic (exact) mass is 468 g/mol. The highest BCUT2D eigenvalue weighted by Gasteiger charge is 2.34. The van der Waals surface area contributed by atoms with Gasteiger partial charge in [-0.25, -0.2) is 9.18 Å². The number of amides is 2. The third-order valence-corrected chi connectivity index (χ3v) is 6.24. The third kappa shape index (κ3) is 5.76. The van der Waals surface area contributed by atoms with Crippen LogP contribution in [0, 0.1) is 11.7 Å². The summed E-state index contributed by atoms with van der Waals surface area (Å²) < 4.78 is 24.9. The van der Waals surface area contributed by atoms with Gasteiger partial charge in [0.1, 0.15) is 11.4 Å². The molecule has 0 bridgehead atoms. The third-order valence-electron chi connectivity index (χ3n) is 6.24. The first kappa shape index (κ1) is 24.2. The molecule has 0 saturated carbocycles. The minimum absolute atomic E-state index is 0.00321. The van der Waals surface area contributed by atoms with Crippen molar-refractivity contribution in [3.05, 3.63) is 71.0 Å². The maximum Gasteiger partial charge on any atom is 0.410 e. The zero-order valence-corrected chi connectivity index (χ0v) is 20.1. The van der Waals surface area contributed by atoms with E-state index in [1.54, 1.807) is 17.0 Å². The Bertz CT molecular complexity index is 1020. The van der Waals surface area contributed by atoms with Crippen molar-refractivity contribution in [1.82, 2.24) is 9.80 Å². The number of nitrogens with zero attached hydrogens (tertiary/aromatic N) is 2. The van der Waals surface area contributed by atoms with E-state index in [1.807, 2.05) is 43.9 Å². The van der Waals surface area contributed by atoms with E-state index in [0.717, 1.165) is 17.5 Å². The number of rotatable bonds is 3. The van der Waals surface area contributed by atoms with Gasteiger partial charge in [0, 0.05) is 32.0 Å². The van der Waals surface area contributed by atoms with Crippen LogP contribution in [0.4, 0.5) is 9.18 Å². The highest BCUT2D eigenvalue weighted by molar-refractivity contribution is 5.78. The van der Waals surface area contributed by atoms with Crippen molar-refractivity contribution in [3.63, 3.8) is 0 Å². The molecule has 0 radical (unpaired) electrons. The zero-order chi connectivity index (χ0) is 24.3. The lowest BCUT2D eigenvalue weighted by Gasteiger charge is -2.38. The molecular weight excluding hydrogens is 435 g/mol. The smallest absolute Gasteiger partial charge is 0.410 e. The van der Waals surface area contributed by atoms with Crippen LogP contribution < -0.4 is 0 Å². The van der Waals surface area contributed by atoms with Gasteiger partial charge < -0.3 is 19.3 Å². The standard InChI is InChI=1S/C27H33FN2O4/c1-27(2,3)34-26(32)29-14-15-33-18-19(17-29)16-24(31)30-13-12-20-6-4-5-7-23(20)25(30)21-8-10-22(28)11-9-21/h4-11,19,25H,12-18H2,1-3H3/t19-,25-/m0/s1. The highest BCUT2D eigenvalue weighted by atomic mass is 19.1. The average Bonchev–Trinajstić information content (AvgIpc) is 3.03. The summed E-state index contributed by atoms with van der Waals surface area (Å²) in [6.45, 7) is 7.77. The van der Waals surface area contributed by atoms with Crippen LogP contribution in [0.5, 0.6) is 0 Å². The lowest BCUT2D eigenvalue weighted by Crippen LogP contribution is -2.43. The summed E-state index contributed by atoms with van der Waals surface area (Å²) in [4.78, 5) is 29.8. The Morgan fingerprint density at radius 3 is 2.56 bits per heavy atom. The summed E-state index contributed by atoms with van der Waals surface area (Å²) in [7, 11) is 0. The van der Waals surface area contributed by atoms with Crippen LogP contribution in [0.3, 0.4) is 0 Å². The Hall–Kier alpha value is -2.93. The molecular formula is C27H33FN2O4. The average molecular weight is 469 g/mol. The first-order valence-electron chi connectivity index (χ1n) is 11.9. The van der Waals surface area contributed by atoms with Crippen LogP contribution in [-0.4, -0.2) is 60.2 Å². The largest absolute Gasteiger partial charge is 0.444 e. The molecule has 2 aromatic carbocycles. The summed E-state index contributed by atoms with van der Waals surface area (Å²) >= 11 is 0. The van der Waals surface area contributed by atoms with Crippen LogP contribution in [0.1, 0.15) is 49.9 Å². The molecule has 2 aliphatic heterocycles. The first-order valence-corrected chi connectivity index (χ1v) is 11.9.